The number of amides is 3. The van der Waals surface area contributed by atoms with Crippen LogP contribution in [0.3, 0.4) is 0 Å². The average molecular weight is 535 g/mol. The second kappa shape index (κ2) is 10.3. The second-order valence-electron chi connectivity index (χ2n) is 8.45. The van der Waals surface area contributed by atoms with Crippen molar-refractivity contribution < 1.29 is 28.3 Å². The molecule has 2 aromatic heterocycles. The van der Waals surface area contributed by atoms with E-state index in [9.17, 15) is 14.4 Å². The van der Waals surface area contributed by atoms with E-state index < -0.39 is 17.9 Å². The monoisotopic (exact) mass is 534 g/mol. The van der Waals surface area contributed by atoms with Gasteiger partial charge >= 0.3 is 0 Å². The number of carbonyl (C=O) groups excluding carboxylic acids is 3. The third kappa shape index (κ3) is 5.47. The van der Waals surface area contributed by atoms with Crippen molar-refractivity contribution >= 4 is 34.2 Å². The van der Waals surface area contributed by atoms with Crippen LogP contribution in [0.5, 0.6) is 17.2 Å². The first-order valence-corrected chi connectivity index (χ1v) is 12.3. The number of primary amides is 1. The van der Waals surface area contributed by atoms with E-state index in [1.807, 2.05) is 0 Å². The fourth-order valence-corrected chi connectivity index (χ4v) is 4.39. The predicted molar refractivity (Wildman–Crippen MR) is 136 cm³/mol. The Morgan fingerprint density at radius 3 is 2.53 bits per heavy atom. The van der Waals surface area contributed by atoms with Gasteiger partial charge in [-0.2, -0.15) is 0 Å². The maximum Gasteiger partial charge on any atom is 0.263 e. The van der Waals surface area contributed by atoms with Gasteiger partial charge in [-0.15, -0.1) is 10.2 Å². The number of nitrogens with two attached hydrogens (primary N) is 1. The zero-order valence-corrected chi connectivity index (χ0v) is 21.2. The maximum absolute atomic E-state index is 13.0. The molecule has 1 aliphatic rings. The molecule has 4 aromatic rings. The van der Waals surface area contributed by atoms with Crippen molar-refractivity contribution in [3.63, 3.8) is 0 Å². The molecule has 1 saturated heterocycles. The molecule has 0 bridgehead atoms. The highest BCUT2D eigenvalue weighted by atomic mass is 32.1. The Hall–Kier alpha value is -4.78. The van der Waals surface area contributed by atoms with Crippen LogP contribution >= 0.6 is 11.3 Å². The number of benzene rings is 2. The predicted octanol–water partition coefficient (Wildman–Crippen LogP) is 3.25. The molecule has 0 spiro atoms. The Morgan fingerprint density at radius 2 is 1.89 bits per heavy atom. The third-order valence-electron chi connectivity index (χ3n) is 5.63. The van der Waals surface area contributed by atoms with E-state index in [0.29, 0.717) is 36.2 Å². The second-order valence-corrected chi connectivity index (χ2v) is 9.48. The van der Waals surface area contributed by atoms with E-state index in [1.165, 1.54) is 18.3 Å². The summed E-state index contributed by atoms with van der Waals surface area (Å²) >= 11 is 0.955. The average Bonchev–Trinajstić information content (AvgIpc) is 3.62. The number of carbonyl (C=O) groups is 3. The Labute approximate surface area is 220 Å². The van der Waals surface area contributed by atoms with Crippen LogP contribution in [0.4, 0.5) is 5.13 Å². The van der Waals surface area contributed by atoms with Crippen molar-refractivity contribution in [1.29, 1.82) is 0 Å². The van der Waals surface area contributed by atoms with Crippen LogP contribution in [0.25, 0.3) is 11.5 Å². The van der Waals surface area contributed by atoms with Crippen LogP contribution in [0, 0.1) is 6.92 Å². The largest absolute Gasteiger partial charge is 0.480 e. The Balaban J connectivity index is 1.40. The number of hydrogen-bond acceptors (Lipinski definition) is 10. The molecule has 1 atom stereocenters. The molecule has 3 heterocycles. The summed E-state index contributed by atoms with van der Waals surface area (Å²) in [7, 11) is 1.71. The number of likely N-dealkylation sites (tertiary alicyclic amines) is 1. The van der Waals surface area contributed by atoms with Gasteiger partial charge in [0.25, 0.3) is 17.7 Å². The van der Waals surface area contributed by atoms with Gasteiger partial charge in [-0.3, -0.25) is 19.7 Å². The quantitative estimate of drug-likeness (QED) is 0.345. The normalized spacial score (nSPS) is 14.9. The zero-order valence-electron chi connectivity index (χ0n) is 20.3. The van der Waals surface area contributed by atoms with E-state index in [-0.39, 0.29) is 27.2 Å². The lowest BCUT2D eigenvalue weighted by atomic mass is 10.1. The summed E-state index contributed by atoms with van der Waals surface area (Å²) in [5.41, 5.74) is 6.19. The fourth-order valence-electron chi connectivity index (χ4n) is 3.72. The highest BCUT2D eigenvalue weighted by Gasteiger charge is 2.31. The molecular formula is C25H22N6O6S. The van der Waals surface area contributed by atoms with Gasteiger partial charge in [-0.1, -0.05) is 11.3 Å². The highest BCUT2D eigenvalue weighted by Crippen LogP contribution is 2.31. The number of likely N-dealkylation sites (N-methyl/N-ethyl adjacent to an activating group) is 1. The first-order chi connectivity index (χ1) is 18.2. The molecular weight excluding hydrogens is 512 g/mol. The van der Waals surface area contributed by atoms with Crippen LogP contribution in [-0.2, 0) is 4.79 Å². The van der Waals surface area contributed by atoms with Gasteiger partial charge in [0, 0.05) is 44.1 Å². The Morgan fingerprint density at radius 1 is 1.13 bits per heavy atom. The summed E-state index contributed by atoms with van der Waals surface area (Å²) in [5, 5.41) is 10.7. The molecule has 12 nitrogen and oxygen atoms in total. The number of hydrogen-bond donors (Lipinski definition) is 2. The topological polar surface area (TPSA) is 163 Å². The van der Waals surface area contributed by atoms with Crippen LogP contribution < -0.4 is 20.5 Å². The minimum absolute atomic E-state index is 0.143. The number of ether oxygens (including phenoxy) is 2. The van der Waals surface area contributed by atoms with E-state index in [0.717, 1.165) is 16.9 Å². The van der Waals surface area contributed by atoms with Gasteiger partial charge < -0.3 is 24.5 Å². The first kappa shape index (κ1) is 24.9. The number of nitrogens with zero attached hydrogens (tertiary/aromatic N) is 4. The zero-order chi connectivity index (χ0) is 26.8. The lowest BCUT2D eigenvalue weighted by Gasteiger charge is -2.15. The molecule has 0 saturated carbocycles. The maximum atomic E-state index is 13.0. The van der Waals surface area contributed by atoms with E-state index in [4.69, 9.17) is 19.6 Å². The molecule has 5 rings (SSSR count). The molecule has 13 heteroatoms. The summed E-state index contributed by atoms with van der Waals surface area (Å²) in [4.78, 5) is 42.6. The van der Waals surface area contributed by atoms with Gasteiger partial charge in [-0.05, 0) is 36.4 Å². The van der Waals surface area contributed by atoms with E-state index in [2.05, 4.69) is 20.5 Å². The Kier molecular flexibility index (Phi) is 6.75. The molecule has 3 N–H and O–H groups in total. The smallest absolute Gasteiger partial charge is 0.263 e. The lowest BCUT2D eigenvalue weighted by molar-refractivity contribution is -0.132. The molecule has 1 fully saturated rings. The SMILES string of the molecule is Cc1nnc(-c2ccc(Oc3cc(OC4CCN(C)C4=O)cc(C(=O)Nc4ncc(C(N)=O)s4)c3)cc2)o1. The minimum atomic E-state index is -0.666. The van der Waals surface area contributed by atoms with Gasteiger partial charge in [0.1, 0.15) is 22.1 Å². The molecule has 0 radical (unpaired) electrons. The molecule has 38 heavy (non-hydrogen) atoms. The summed E-state index contributed by atoms with van der Waals surface area (Å²) < 4.78 is 17.4. The van der Waals surface area contributed by atoms with Crippen molar-refractivity contribution in [1.82, 2.24) is 20.1 Å². The lowest BCUT2D eigenvalue weighted by Crippen LogP contribution is -2.29. The third-order valence-corrected chi connectivity index (χ3v) is 6.56. The summed E-state index contributed by atoms with van der Waals surface area (Å²) in [6.45, 7) is 2.28. The summed E-state index contributed by atoms with van der Waals surface area (Å²) in [5.74, 6) is 0.631. The number of aryl methyl sites for hydroxylation is 1. The van der Waals surface area contributed by atoms with Gasteiger partial charge in [0.15, 0.2) is 11.2 Å². The van der Waals surface area contributed by atoms with Gasteiger partial charge in [0.05, 0.1) is 6.20 Å². The number of aromatic nitrogens is 3. The minimum Gasteiger partial charge on any atom is -0.480 e. The van der Waals surface area contributed by atoms with E-state index >= 15 is 0 Å². The highest BCUT2D eigenvalue weighted by molar-refractivity contribution is 7.17. The van der Waals surface area contributed by atoms with Crippen LogP contribution in [0.15, 0.2) is 53.1 Å². The van der Waals surface area contributed by atoms with Crippen molar-refractivity contribution in [2.75, 3.05) is 18.9 Å². The van der Waals surface area contributed by atoms with Gasteiger partial charge in [-0.25, -0.2) is 4.98 Å². The van der Waals surface area contributed by atoms with Crippen LogP contribution in [-0.4, -0.2) is 57.5 Å². The fraction of sp³-hybridized carbons (Fsp3) is 0.200. The van der Waals surface area contributed by atoms with Crippen molar-refractivity contribution in [2.45, 2.75) is 19.4 Å². The standard InChI is InChI=1S/C25H22N6O6S/c1-13-29-30-23(35-13)14-3-5-16(6-4-14)36-17-9-15(22(33)28-25-27-12-20(38-25)21(26)32)10-18(11-17)37-19-7-8-31(2)24(19)34/h3-6,9-12,19H,7-8H2,1-2H3,(H2,26,32)(H,27,28,33). The van der Waals surface area contributed by atoms with Crippen LogP contribution in [0.2, 0.25) is 0 Å². The summed E-state index contributed by atoms with van der Waals surface area (Å²) in [6.07, 6.45) is 1.14. The molecule has 194 valence electrons. The van der Waals surface area contributed by atoms with Crippen molar-refractivity contribution in [2.24, 2.45) is 5.73 Å². The number of nitrogens with one attached hydrogen (secondary N) is 1. The molecule has 2 aromatic carbocycles. The molecule has 1 aliphatic heterocycles. The van der Waals surface area contributed by atoms with Crippen molar-refractivity contribution in [3.05, 3.63) is 65.0 Å². The van der Waals surface area contributed by atoms with Crippen LogP contribution in [0.1, 0.15) is 32.3 Å². The van der Waals surface area contributed by atoms with E-state index in [1.54, 1.807) is 49.2 Å². The Bertz CT molecular complexity index is 1510. The molecule has 3 amide bonds. The number of anilines is 1. The number of rotatable bonds is 8. The molecule has 1 unspecified atom stereocenters. The van der Waals surface area contributed by atoms with Crippen molar-refractivity contribution in [3.8, 4) is 28.7 Å². The van der Waals surface area contributed by atoms with Gasteiger partial charge in [0.2, 0.25) is 11.8 Å². The first-order valence-electron chi connectivity index (χ1n) is 11.5. The molecule has 0 aliphatic carbocycles. The summed E-state index contributed by atoms with van der Waals surface area (Å²) in [6, 6.07) is 11.6. The number of thiazole rings is 1.